The van der Waals surface area contributed by atoms with Crippen molar-refractivity contribution in [2.24, 2.45) is 4.99 Å². The van der Waals surface area contributed by atoms with E-state index in [0.29, 0.717) is 5.56 Å². The van der Waals surface area contributed by atoms with Gasteiger partial charge in [0.15, 0.2) is 0 Å². The largest absolute Gasteiger partial charge is 0.442 e. The number of benzene rings is 1. The summed E-state index contributed by atoms with van der Waals surface area (Å²) >= 11 is 0. The molecular weight excluding hydrogens is 373 g/mol. The zero-order valence-electron chi connectivity index (χ0n) is 15.8. The van der Waals surface area contributed by atoms with Crippen LogP contribution >= 0.6 is 0 Å². The number of rotatable bonds is 5. The molecule has 0 saturated carbocycles. The Morgan fingerprint density at radius 1 is 1.32 bits per heavy atom. The van der Waals surface area contributed by atoms with Crippen molar-refractivity contribution in [3.63, 3.8) is 0 Å². The topological polar surface area (TPSA) is 65.0 Å². The minimum absolute atomic E-state index is 0.0516. The summed E-state index contributed by atoms with van der Waals surface area (Å²) in [6.07, 6.45) is -3.35. The van der Waals surface area contributed by atoms with Crippen molar-refractivity contribution in [2.45, 2.75) is 44.6 Å². The number of nitrogens with one attached hydrogen (secondary N) is 1. The van der Waals surface area contributed by atoms with E-state index in [1.807, 2.05) is 6.92 Å². The number of amidine groups is 1. The SMILES string of the molecule is CCN1CCCC1CN1C(=O)C(NC(C)=O)(C(F)(F)F)N=C1c1ccccc1. The fourth-order valence-corrected chi connectivity index (χ4v) is 3.86. The third kappa shape index (κ3) is 3.50. The number of likely N-dealkylation sites (tertiary alicyclic amines) is 1. The molecule has 28 heavy (non-hydrogen) atoms. The van der Waals surface area contributed by atoms with E-state index in [1.165, 1.54) is 0 Å². The molecule has 9 heteroatoms. The Morgan fingerprint density at radius 3 is 2.57 bits per heavy atom. The van der Waals surface area contributed by atoms with Gasteiger partial charge in [0, 0.05) is 25.1 Å². The Hall–Kier alpha value is -2.42. The van der Waals surface area contributed by atoms with Crippen LogP contribution in [0.1, 0.15) is 32.3 Å². The van der Waals surface area contributed by atoms with Crippen molar-refractivity contribution in [1.82, 2.24) is 15.1 Å². The molecule has 6 nitrogen and oxygen atoms in total. The fourth-order valence-electron chi connectivity index (χ4n) is 3.86. The monoisotopic (exact) mass is 396 g/mol. The van der Waals surface area contributed by atoms with Crippen LogP contribution in [0, 0.1) is 0 Å². The maximum Gasteiger partial charge on any atom is 0.442 e. The Kier molecular flexibility index (Phi) is 5.47. The fraction of sp³-hybridized carbons (Fsp3) is 0.526. The van der Waals surface area contributed by atoms with Crippen LogP contribution in [0.25, 0.3) is 0 Å². The van der Waals surface area contributed by atoms with Crippen molar-refractivity contribution in [1.29, 1.82) is 0 Å². The molecule has 0 aromatic heterocycles. The van der Waals surface area contributed by atoms with Crippen LogP contribution in [0.4, 0.5) is 13.2 Å². The van der Waals surface area contributed by atoms with Crippen LogP contribution in [0.5, 0.6) is 0 Å². The molecule has 2 amide bonds. The second-order valence-electron chi connectivity index (χ2n) is 7.03. The molecule has 1 saturated heterocycles. The van der Waals surface area contributed by atoms with Gasteiger partial charge in [0.2, 0.25) is 5.91 Å². The van der Waals surface area contributed by atoms with E-state index >= 15 is 0 Å². The van der Waals surface area contributed by atoms with E-state index in [1.54, 1.807) is 35.6 Å². The smallest absolute Gasteiger partial charge is 0.317 e. The van der Waals surface area contributed by atoms with E-state index in [9.17, 15) is 22.8 Å². The van der Waals surface area contributed by atoms with Gasteiger partial charge in [0.25, 0.3) is 5.91 Å². The summed E-state index contributed by atoms with van der Waals surface area (Å²) in [7, 11) is 0. The summed E-state index contributed by atoms with van der Waals surface area (Å²) in [5.41, 5.74) is -2.90. The highest BCUT2D eigenvalue weighted by atomic mass is 19.4. The van der Waals surface area contributed by atoms with Gasteiger partial charge in [-0.3, -0.25) is 19.4 Å². The summed E-state index contributed by atoms with van der Waals surface area (Å²) < 4.78 is 41.9. The van der Waals surface area contributed by atoms with Gasteiger partial charge < -0.3 is 5.32 Å². The summed E-state index contributed by atoms with van der Waals surface area (Å²) in [6, 6.07) is 8.22. The third-order valence-electron chi connectivity index (χ3n) is 5.18. The molecule has 2 heterocycles. The zero-order chi connectivity index (χ0) is 20.5. The van der Waals surface area contributed by atoms with Gasteiger partial charge in [0.1, 0.15) is 5.84 Å². The maximum atomic E-state index is 14.0. The molecule has 0 spiro atoms. The molecule has 1 aromatic carbocycles. The van der Waals surface area contributed by atoms with Crippen LogP contribution in [-0.4, -0.2) is 65.0 Å². The molecule has 1 aromatic rings. The summed E-state index contributed by atoms with van der Waals surface area (Å²) in [6.45, 7) is 4.61. The first-order chi connectivity index (χ1) is 13.2. The lowest BCUT2D eigenvalue weighted by Gasteiger charge is -2.31. The highest BCUT2D eigenvalue weighted by Crippen LogP contribution is 2.39. The lowest BCUT2D eigenvalue weighted by atomic mass is 10.1. The van der Waals surface area contributed by atoms with Crippen molar-refractivity contribution < 1.29 is 22.8 Å². The lowest BCUT2D eigenvalue weighted by Crippen LogP contribution is -2.63. The summed E-state index contributed by atoms with van der Waals surface area (Å²) in [4.78, 5) is 31.6. The molecule has 2 aliphatic heterocycles. The molecule has 3 rings (SSSR count). The summed E-state index contributed by atoms with van der Waals surface area (Å²) in [5, 5.41) is 1.77. The molecule has 0 aliphatic carbocycles. The van der Waals surface area contributed by atoms with Gasteiger partial charge in [0.05, 0.1) is 0 Å². The quantitative estimate of drug-likeness (QED) is 0.830. The average molecular weight is 396 g/mol. The minimum Gasteiger partial charge on any atom is -0.317 e. The number of nitrogens with zero attached hydrogens (tertiary/aromatic N) is 3. The van der Waals surface area contributed by atoms with Gasteiger partial charge in [-0.1, -0.05) is 37.3 Å². The van der Waals surface area contributed by atoms with Crippen LogP contribution in [0.3, 0.4) is 0 Å². The van der Waals surface area contributed by atoms with E-state index in [2.05, 4.69) is 9.89 Å². The molecular formula is C19H23F3N4O2. The molecule has 2 unspecified atom stereocenters. The van der Waals surface area contributed by atoms with E-state index in [4.69, 9.17) is 0 Å². The standard InChI is InChI=1S/C19H23F3N4O2/c1-3-25-11-7-10-15(25)12-26-16(14-8-5-4-6-9-14)24-18(17(26)28,19(20,21)22)23-13(2)27/h4-6,8-9,15H,3,7,10-12H2,1-2H3,(H,23,27). The Bertz CT molecular complexity index is 781. The number of halogens is 3. The number of carbonyl (C=O) groups is 2. The van der Waals surface area contributed by atoms with Crippen LogP contribution in [-0.2, 0) is 9.59 Å². The van der Waals surface area contributed by atoms with Gasteiger partial charge >= 0.3 is 11.8 Å². The first kappa shape index (κ1) is 20.3. The van der Waals surface area contributed by atoms with Crippen molar-refractivity contribution in [3.05, 3.63) is 35.9 Å². The van der Waals surface area contributed by atoms with Crippen molar-refractivity contribution in [3.8, 4) is 0 Å². The Labute approximate surface area is 161 Å². The molecule has 0 bridgehead atoms. The second-order valence-corrected chi connectivity index (χ2v) is 7.03. The Balaban J connectivity index is 2.06. The molecule has 152 valence electrons. The van der Waals surface area contributed by atoms with Gasteiger partial charge in [-0.25, -0.2) is 4.99 Å². The number of aliphatic imine (C=N–C) groups is 1. The van der Waals surface area contributed by atoms with E-state index in [0.717, 1.165) is 37.8 Å². The normalized spacial score (nSPS) is 25.9. The van der Waals surface area contributed by atoms with Crippen LogP contribution in [0.2, 0.25) is 0 Å². The van der Waals surface area contributed by atoms with E-state index in [-0.39, 0.29) is 18.4 Å². The Morgan fingerprint density at radius 2 is 2.00 bits per heavy atom. The van der Waals surface area contributed by atoms with Crippen LogP contribution < -0.4 is 5.32 Å². The van der Waals surface area contributed by atoms with Crippen molar-refractivity contribution in [2.75, 3.05) is 19.6 Å². The molecule has 1 fully saturated rings. The third-order valence-corrected chi connectivity index (χ3v) is 5.18. The highest BCUT2D eigenvalue weighted by Gasteiger charge is 2.67. The molecule has 1 N–H and O–H groups in total. The second kappa shape index (κ2) is 7.54. The first-order valence-corrected chi connectivity index (χ1v) is 9.26. The zero-order valence-corrected chi connectivity index (χ0v) is 15.8. The van der Waals surface area contributed by atoms with Gasteiger partial charge in [-0.05, 0) is 25.9 Å². The summed E-state index contributed by atoms with van der Waals surface area (Å²) in [5.74, 6) is -2.31. The number of likely N-dealkylation sites (N-methyl/N-ethyl adjacent to an activating group) is 1. The lowest BCUT2D eigenvalue weighted by molar-refractivity contribution is -0.200. The molecule has 0 radical (unpaired) electrons. The number of hydrogen-bond acceptors (Lipinski definition) is 4. The van der Waals surface area contributed by atoms with Crippen molar-refractivity contribution >= 4 is 17.6 Å². The predicted octanol–water partition coefficient (Wildman–Crippen LogP) is 2.15. The number of amides is 2. The average Bonchev–Trinajstić information content (AvgIpc) is 3.20. The number of carbonyl (C=O) groups excluding carboxylic acids is 2. The number of alkyl halides is 3. The highest BCUT2D eigenvalue weighted by molar-refractivity contribution is 6.16. The first-order valence-electron chi connectivity index (χ1n) is 9.26. The maximum absolute atomic E-state index is 14.0. The predicted molar refractivity (Wildman–Crippen MR) is 97.6 cm³/mol. The van der Waals surface area contributed by atoms with Gasteiger partial charge in [-0.2, -0.15) is 13.2 Å². The minimum atomic E-state index is -5.06. The molecule has 2 aliphatic rings. The van der Waals surface area contributed by atoms with E-state index < -0.39 is 23.7 Å². The van der Waals surface area contributed by atoms with Gasteiger partial charge in [-0.15, -0.1) is 0 Å². The van der Waals surface area contributed by atoms with Crippen LogP contribution in [0.15, 0.2) is 35.3 Å². The number of hydrogen-bond donors (Lipinski definition) is 1. The molecule has 2 atom stereocenters.